The molecule has 6 nitrogen and oxygen atoms in total. The van der Waals surface area contributed by atoms with Gasteiger partial charge in [-0.2, -0.15) is 0 Å². The SMILES string of the molecule is CC/C=C\C/C=C\C/C=C\C/C=C\C/C=C\CC(=O)OC(COC(=O)CCCCCCC/C=C\CCCCCCC)COC(=O)CCCCCCCCCCCCCCCCCCCCCCCCCCCC. The van der Waals surface area contributed by atoms with Gasteiger partial charge < -0.3 is 14.2 Å². The number of esters is 3. The molecule has 0 aromatic rings. The molecule has 1 atom stereocenters. The van der Waals surface area contributed by atoms with Crippen molar-refractivity contribution in [3.8, 4) is 0 Å². The third kappa shape index (κ3) is 59.6. The Hall–Kier alpha value is -3.15. The van der Waals surface area contributed by atoms with Crippen molar-refractivity contribution < 1.29 is 28.6 Å². The highest BCUT2D eigenvalue weighted by Crippen LogP contribution is 2.17. The maximum Gasteiger partial charge on any atom is 0.310 e. The molecule has 422 valence electrons. The topological polar surface area (TPSA) is 78.9 Å². The second-order valence-corrected chi connectivity index (χ2v) is 21.0. The van der Waals surface area contributed by atoms with Crippen LogP contribution < -0.4 is 0 Å². The highest BCUT2D eigenvalue weighted by molar-refractivity contribution is 5.72. The average molecular weight is 1020 g/mol. The highest BCUT2D eigenvalue weighted by Gasteiger charge is 2.19. The summed E-state index contributed by atoms with van der Waals surface area (Å²) in [5.41, 5.74) is 0. The molecule has 0 bridgehead atoms. The van der Waals surface area contributed by atoms with Gasteiger partial charge in [-0.25, -0.2) is 0 Å². The Balaban J connectivity index is 4.30. The molecule has 0 radical (unpaired) electrons. The summed E-state index contributed by atoms with van der Waals surface area (Å²) in [5, 5.41) is 0. The van der Waals surface area contributed by atoms with Gasteiger partial charge in [0.1, 0.15) is 13.2 Å². The zero-order valence-corrected chi connectivity index (χ0v) is 48.4. The summed E-state index contributed by atoms with van der Waals surface area (Å²) in [6.45, 7) is 6.46. The highest BCUT2D eigenvalue weighted by atomic mass is 16.6. The van der Waals surface area contributed by atoms with E-state index >= 15 is 0 Å². The average Bonchev–Trinajstić information content (AvgIpc) is 3.39. The minimum absolute atomic E-state index is 0.0976. The van der Waals surface area contributed by atoms with Crippen LogP contribution in [0.5, 0.6) is 0 Å². The van der Waals surface area contributed by atoms with Crippen molar-refractivity contribution in [1.82, 2.24) is 0 Å². The van der Waals surface area contributed by atoms with Crippen LogP contribution >= 0.6 is 0 Å². The van der Waals surface area contributed by atoms with Crippen molar-refractivity contribution in [2.45, 2.75) is 322 Å². The molecule has 1 unspecified atom stereocenters. The molecule has 0 spiro atoms. The summed E-state index contributed by atoms with van der Waals surface area (Å²) in [5.74, 6) is -1.04. The van der Waals surface area contributed by atoms with Crippen LogP contribution in [0, 0.1) is 0 Å². The molecule has 0 aliphatic heterocycles. The molecule has 0 aromatic heterocycles. The second-order valence-electron chi connectivity index (χ2n) is 21.0. The fourth-order valence-electron chi connectivity index (χ4n) is 9.05. The predicted octanol–water partition coefficient (Wildman–Crippen LogP) is 21.3. The van der Waals surface area contributed by atoms with Gasteiger partial charge in [0.25, 0.3) is 0 Å². The van der Waals surface area contributed by atoms with Gasteiger partial charge in [0.2, 0.25) is 0 Å². The van der Waals surface area contributed by atoms with Crippen LogP contribution in [0.4, 0.5) is 0 Å². The number of unbranched alkanes of at least 4 members (excludes halogenated alkanes) is 35. The van der Waals surface area contributed by atoms with Gasteiger partial charge in [0, 0.05) is 12.8 Å². The molecule has 6 heteroatoms. The van der Waals surface area contributed by atoms with E-state index in [1.807, 2.05) is 6.08 Å². The van der Waals surface area contributed by atoms with E-state index in [1.54, 1.807) is 6.08 Å². The summed E-state index contributed by atoms with van der Waals surface area (Å²) >= 11 is 0. The smallest absolute Gasteiger partial charge is 0.310 e. The van der Waals surface area contributed by atoms with E-state index in [9.17, 15) is 14.4 Å². The first-order valence-electron chi connectivity index (χ1n) is 31.4. The zero-order chi connectivity index (χ0) is 52.9. The molecule has 73 heavy (non-hydrogen) atoms. The number of rotatable bonds is 57. The van der Waals surface area contributed by atoms with Crippen LogP contribution in [0.1, 0.15) is 316 Å². The van der Waals surface area contributed by atoms with Crippen molar-refractivity contribution in [2.75, 3.05) is 13.2 Å². The maximum absolute atomic E-state index is 12.8. The van der Waals surface area contributed by atoms with Crippen molar-refractivity contribution in [3.05, 3.63) is 72.9 Å². The third-order valence-electron chi connectivity index (χ3n) is 13.7. The number of carbonyl (C=O) groups excluding carboxylic acids is 3. The standard InChI is InChI=1S/C67H118O6/c1-4-7-10-13-16-19-22-25-28-29-30-31-32-33-34-35-36-37-38-40-42-45-48-51-54-57-60-66(69)72-63-64(62-71-65(68)59-56-53-50-47-44-41-27-24-21-18-15-12-9-6-3)73-67(70)61-58-55-52-49-46-43-39-26-23-20-17-14-11-8-5-2/h8,11,17,20,24,26-27,39,46,49,55,58,64H,4-7,9-10,12-16,18-19,21-23,25,28-38,40-45,47-48,50-54,56-57,59-63H2,1-3H3/b11-8-,20-17-,27-24-,39-26-,49-46-,58-55-. The first-order valence-corrected chi connectivity index (χ1v) is 31.4. The minimum Gasteiger partial charge on any atom is -0.462 e. The lowest BCUT2D eigenvalue weighted by molar-refractivity contribution is -0.166. The van der Waals surface area contributed by atoms with Crippen molar-refractivity contribution in [3.63, 3.8) is 0 Å². The summed E-state index contributed by atoms with van der Waals surface area (Å²) in [4.78, 5) is 38.1. The molecule has 0 fully saturated rings. The van der Waals surface area contributed by atoms with Crippen molar-refractivity contribution in [2.24, 2.45) is 0 Å². The summed E-state index contributed by atoms with van der Waals surface area (Å²) < 4.78 is 16.8. The predicted molar refractivity (Wildman–Crippen MR) is 316 cm³/mol. The monoisotopic (exact) mass is 1020 g/mol. The number of hydrogen-bond donors (Lipinski definition) is 0. The van der Waals surface area contributed by atoms with Gasteiger partial charge >= 0.3 is 17.9 Å². The van der Waals surface area contributed by atoms with Crippen LogP contribution in [-0.4, -0.2) is 37.2 Å². The number of carbonyl (C=O) groups is 3. The second kappa shape index (κ2) is 61.4. The van der Waals surface area contributed by atoms with Gasteiger partial charge in [-0.05, 0) is 70.6 Å². The molecule has 0 heterocycles. The Kier molecular flexibility index (Phi) is 58.7. The molecule has 0 rings (SSSR count). The van der Waals surface area contributed by atoms with E-state index in [1.165, 1.54) is 193 Å². The fourth-order valence-corrected chi connectivity index (χ4v) is 9.05. The number of ether oxygens (including phenoxy) is 3. The molecule has 0 aromatic carbocycles. The van der Waals surface area contributed by atoms with E-state index in [-0.39, 0.29) is 31.6 Å². The van der Waals surface area contributed by atoms with Gasteiger partial charge in [-0.15, -0.1) is 0 Å². The lowest BCUT2D eigenvalue weighted by Gasteiger charge is -2.18. The van der Waals surface area contributed by atoms with Gasteiger partial charge in [-0.3, -0.25) is 14.4 Å². The minimum atomic E-state index is -0.832. The summed E-state index contributed by atoms with van der Waals surface area (Å²) in [7, 11) is 0. The quantitative estimate of drug-likeness (QED) is 0.0261. The summed E-state index contributed by atoms with van der Waals surface area (Å²) in [6.07, 6.45) is 79.5. The molecule has 0 saturated carbocycles. The Morgan fingerprint density at radius 3 is 0.890 bits per heavy atom. The van der Waals surface area contributed by atoms with Crippen LogP contribution in [-0.2, 0) is 28.6 Å². The first-order chi connectivity index (χ1) is 36.0. The molecule has 0 aliphatic carbocycles. The Bertz CT molecular complexity index is 1360. The molecule has 0 N–H and O–H groups in total. The lowest BCUT2D eigenvalue weighted by Crippen LogP contribution is -2.30. The van der Waals surface area contributed by atoms with E-state index in [0.29, 0.717) is 12.8 Å². The Morgan fingerprint density at radius 1 is 0.301 bits per heavy atom. The van der Waals surface area contributed by atoms with Crippen LogP contribution in [0.25, 0.3) is 0 Å². The normalized spacial score (nSPS) is 12.5. The van der Waals surface area contributed by atoms with E-state index < -0.39 is 12.1 Å². The maximum atomic E-state index is 12.8. The largest absolute Gasteiger partial charge is 0.462 e. The van der Waals surface area contributed by atoms with Gasteiger partial charge in [-0.1, -0.05) is 299 Å². The van der Waals surface area contributed by atoms with Crippen molar-refractivity contribution >= 4 is 17.9 Å². The number of hydrogen-bond acceptors (Lipinski definition) is 6. The van der Waals surface area contributed by atoms with Gasteiger partial charge in [0.05, 0.1) is 6.42 Å². The van der Waals surface area contributed by atoms with Crippen molar-refractivity contribution in [1.29, 1.82) is 0 Å². The van der Waals surface area contributed by atoms with E-state index in [2.05, 4.69) is 81.5 Å². The van der Waals surface area contributed by atoms with Crippen LogP contribution in [0.2, 0.25) is 0 Å². The van der Waals surface area contributed by atoms with E-state index in [0.717, 1.165) is 83.5 Å². The molecule has 0 saturated heterocycles. The fraction of sp³-hybridized carbons (Fsp3) is 0.776. The Labute approximate surface area is 453 Å². The first kappa shape index (κ1) is 69.8. The van der Waals surface area contributed by atoms with Crippen LogP contribution in [0.3, 0.4) is 0 Å². The Morgan fingerprint density at radius 2 is 0.575 bits per heavy atom. The van der Waals surface area contributed by atoms with E-state index in [4.69, 9.17) is 14.2 Å². The van der Waals surface area contributed by atoms with Gasteiger partial charge in [0.15, 0.2) is 6.10 Å². The molecule has 0 aliphatic rings. The third-order valence-corrected chi connectivity index (χ3v) is 13.7. The zero-order valence-electron chi connectivity index (χ0n) is 48.4. The van der Waals surface area contributed by atoms with Crippen LogP contribution in [0.15, 0.2) is 72.9 Å². The number of allylic oxidation sites excluding steroid dienone is 11. The molecular formula is C67H118O6. The summed E-state index contributed by atoms with van der Waals surface area (Å²) in [6, 6.07) is 0. The lowest BCUT2D eigenvalue weighted by atomic mass is 10.0. The molecule has 0 amide bonds. The molecular weight excluding hydrogens is 901 g/mol.